The molecule has 0 saturated carbocycles. The first-order valence-corrected chi connectivity index (χ1v) is 4.78. The summed E-state index contributed by atoms with van der Waals surface area (Å²) < 4.78 is 1.04. The molecule has 0 fully saturated rings. The zero-order chi connectivity index (χ0) is 11.9. The lowest BCUT2D eigenvalue weighted by Crippen LogP contribution is -2.26. The first kappa shape index (κ1) is 10.3. The zero-order valence-corrected chi connectivity index (χ0v) is 9.00. The Balaban J connectivity index is 2.89. The van der Waals surface area contributed by atoms with Crippen LogP contribution >= 0.6 is 0 Å². The number of nitrogens with one attached hydrogen (secondary N) is 2. The number of nitrogens with zero attached hydrogens (tertiary/aromatic N) is 1. The van der Waals surface area contributed by atoms with Crippen LogP contribution in [0.1, 0.15) is 11.1 Å². The highest BCUT2D eigenvalue weighted by molar-refractivity contribution is 5.60. The molecule has 0 atom stereocenters. The van der Waals surface area contributed by atoms with Crippen LogP contribution in [-0.2, 0) is 0 Å². The lowest BCUT2D eigenvalue weighted by atomic mass is 10.1. The monoisotopic (exact) mass is 220 g/mol. The normalized spacial score (nSPS) is 10.6. The number of aryl methyl sites for hydroxylation is 1. The van der Waals surface area contributed by atoms with Gasteiger partial charge in [0.15, 0.2) is 0 Å². The van der Waals surface area contributed by atoms with Gasteiger partial charge in [0.2, 0.25) is 0 Å². The fraction of sp³-hybridized carbons (Fsp3) is 0.200. The topological polar surface area (TPSA) is 96.7 Å². The van der Waals surface area contributed by atoms with E-state index in [-0.39, 0.29) is 0 Å². The first-order chi connectivity index (χ1) is 7.52. The second-order valence-electron chi connectivity index (χ2n) is 3.64. The van der Waals surface area contributed by atoms with Crippen molar-refractivity contribution in [2.45, 2.75) is 13.8 Å². The molecule has 0 aliphatic carbocycles. The summed E-state index contributed by atoms with van der Waals surface area (Å²) in [5.74, 6) is 0. The van der Waals surface area contributed by atoms with E-state index in [0.717, 1.165) is 10.1 Å². The first-order valence-electron chi connectivity index (χ1n) is 4.78. The number of benzene rings is 1. The largest absolute Gasteiger partial charge is 0.398 e. The van der Waals surface area contributed by atoms with Gasteiger partial charge in [0, 0.05) is 5.69 Å². The molecule has 0 bridgehead atoms. The fourth-order valence-electron chi connectivity index (χ4n) is 1.71. The summed E-state index contributed by atoms with van der Waals surface area (Å²) in [6.45, 7) is 3.59. The Hall–Kier alpha value is -2.24. The maximum absolute atomic E-state index is 11.5. The number of hydrogen-bond acceptors (Lipinski definition) is 3. The third kappa shape index (κ3) is 1.35. The van der Waals surface area contributed by atoms with Crippen LogP contribution in [0.3, 0.4) is 0 Å². The predicted octanol–water partition coefficient (Wildman–Crippen LogP) is 0.0529. The maximum Gasteiger partial charge on any atom is 0.349 e. The quantitative estimate of drug-likeness (QED) is 0.592. The van der Waals surface area contributed by atoms with Gasteiger partial charge < -0.3 is 5.73 Å². The highest BCUT2D eigenvalue weighted by Crippen LogP contribution is 2.21. The predicted molar refractivity (Wildman–Crippen MR) is 60.9 cm³/mol. The lowest BCUT2D eigenvalue weighted by Gasteiger charge is -2.10. The van der Waals surface area contributed by atoms with E-state index in [4.69, 9.17) is 5.73 Å². The molecule has 6 nitrogen and oxygen atoms in total. The molecule has 2 aromatic rings. The second kappa shape index (κ2) is 3.41. The van der Waals surface area contributed by atoms with Crippen LogP contribution < -0.4 is 17.1 Å². The number of nitrogen functional groups attached to an aromatic ring is 1. The molecule has 0 saturated heterocycles. The van der Waals surface area contributed by atoms with Crippen molar-refractivity contribution in [3.05, 3.63) is 44.2 Å². The summed E-state index contributed by atoms with van der Waals surface area (Å²) in [6, 6.07) is 3.52. The average Bonchev–Trinajstić information content (AvgIpc) is 2.56. The van der Waals surface area contributed by atoms with Crippen LogP contribution in [0.2, 0.25) is 0 Å². The van der Waals surface area contributed by atoms with Crippen molar-refractivity contribution < 1.29 is 0 Å². The van der Waals surface area contributed by atoms with Crippen LogP contribution in [0.25, 0.3) is 5.69 Å². The van der Waals surface area contributed by atoms with Gasteiger partial charge in [0.05, 0.1) is 5.69 Å². The molecular weight excluding hydrogens is 208 g/mol. The van der Waals surface area contributed by atoms with Gasteiger partial charge in [-0.2, -0.15) is 0 Å². The van der Waals surface area contributed by atoms with Gasteiger partial charge in [-0.3, -0.25) is 0 Å². The number of H-pyrrole nitrogens is 2. The van der Waals surface area contributed by atoms with Gasteiger partial charge in [-0.05, 0) is 31.0 Å². The van der Waals surface area contributed by atoms with E-state index in [1.807, 2.05) is 6.92 Å². The molecule has 0 aliphatic heterocycles. The van der Waals surface area contributed by atoms with Crippen molar-refractivity contribution in [1.29, 1.82) is 0 Å². The van der Waals surface area contributed by atoms with E-state index < -0.39 is 11.4 Å². The average molecular weight is 220 g/mol. The number of aromatic nitrogens is 3. The molecule has 0 unspecified atom stereocenters. The van der Waals surface area contributed by atoms with Crippen molar-refractivity contribution >= 4 is 5.69 Å². The van der Waals surface area contributed by atoms with Crippen LogP contribution in [0.15, 0.2) is 21.7 Å². The van der Waals surface area contributed by atoms with Crippen LogP contribution in [0.4, 0.5) is 5.69 Å². The Morgan fingerprint density at radius 1 is 1.12 bits per heavy atom. The summed E-state index contributed by atoms with van der Waals surface area (Å²) in [7, 11) is 0. The van der Waals surface area contributed by atoms with Crippen LogP contribution in [-0.4, -0.2) is 14.8 Å². The van der Waals surface area contributed by atoms with E-state index in [2.05, 4.69) is 10.2 Å². The Bertz CT molecular complexity index is 620. The third-order valence-corrected chi connectivity index (χ3v) is 2.58. The van der Waals surface area contributed by atoms with Gasteiger partial charge >= 0.3 is 11.4 Å². The van der Waals surface area contributed by atoms with Crippen molar-refractivity contribution in [1.82, 2.24) is 14.8 Å². The standard InChI is InChI=1S/C10H12N4O2/c1-5-3-4-7(11)6(2)8(5)14-9(15)12-13-10(14)16/h3-4H,11H2,1-2H3,(H,12,15)(H,13,16). The molecule has 0 spiro atoms. The van der Waals surface area contributed by atoms with Gasteiger partial charge in [-0.1, -0.05) is 6.07 Å². The van der Waals surface area contributed by atoms with E-state index in [9.17, 15) is 9.59 Å². The molecule has 1 aromatic carbocycles. The van der Waals surface area contributed by atoms with Crippen LogP contribution in [0.5, 0.6) is 0 Å². The molecule has 6 heteroatoms. The van der Waals surface area contributed by atoms with Crippen molar-refractivity contribution in [3.63, 3.8) is 0 Å². The van der Waals surface area contributed by atoms with Gasteiger partial charge in [0.1, 0.15) is 0 Å². The Morgan fingerprint density at radius 2 is 1.69 bits per heavy atom. The van der Waals surface area contributed by atoms with Crippen molar-refractivity contribution in [3.8, 4) is 5.69 Å². The number of hydrogen-bond donors (Lipinski definition) is 3. The summed E-state index contributed by atoms with van der Waals surface area (Å²) in [6.07, 6.45) is 0. The summed E-state index contributed by atoms with van der Waals surface area (Å²) in [5, 5.41) is 4.48. The molecule has 0 radical (unpaired) electrons. The molecule has 4 N–H and O–H groups in total. The molecule has 16 heavy (non-hydrogen) atoms. The Labute approximate surface area is 90.7 Å². The second-order valence-corrected chi connectivity index (χ2v) is 3.64. The summed E-state index contributed by atoms with van der Waals surface area (Å²) in [4.78, 5) is 23.0. The smallest absolute Gasteiger partial charge is 0.349 e. The van der Waals surface area contributed by atoms with Crippen LogP contribution in [0, 0.1) is 13.8 Å². The van der Waals surface area contributed by atoms with Gasteiger partial charge in [-0.25, -0.2) is 24.4 Å². The molecule has 0 amide bonds. The van der Waals surface area contributed by atoms with Crippen molar-refractivity contribution in [2.24, 2.45) is 0 Å². The molecule has 1 aromatic heterocycles. The van der Waals surface area contributed by atoms with E-state index in [1.165, 1.54) is 0 Å². The highest BCUT2D eigenvalue weighted by atomic mass is 16.2. The minimum atomic E-state index is -0.498. The van der Waals surface area contributed by atoms with Crippen molar-refractivity contribution in [2.75, 3.05) is 5.73 Å². The maximum atomic E-state index is 11.5. The third-order valence-electron chi connectivity index (χ3n) is 2.58. The van der Waals surface area contributed by atoms with E-state index in [0.29, 0.717) is 16.9 Å². The van der Waals surface area contributed by atoms with E-state index >= 15 is 0 Å². The highest BCUT2D eigenvalue weighted by Gasteiger charge is 2.12. The number of nitrogens with two attached hydrogens (primary N) is 1. The van der Waals surface area contributed by atoms with E-state index in [1.54, 1.807) is 19.1 Å². The fourth-order valence-corrected chi connectivity index (χ4v) is 1.71. The minimum absolute atomic E-state index is 0.498. The SMILES string of the molecule is Cc1ccc(N)c(C)c1-n1c(=O)[nH][nH]c1=O. The van der Waals surface area contributed by atoms with Gasteiger partial charge in [-0.15, -0.1) is 0 Å². The Kier molecular flexibility index (Phi) is 2.19. The molecule has 1 heterocycles. The zero-order valence-electron chi connectivity index (χ0n) is 9.00. The lowest BCUT2D eigenvalue weighted by molar-refractivity contribution is 0.931. The number of anilines is 1. The Morgan fingerprint density at radius 3 is 2.25 bits per heavy atom. The summed E-state index contributed by atoms with van der Waals surface area (Å²) in [5.41, 5.74) is 7.38. The minimum Gasteiger partial charge on any atom is -0.398 e. The molecule has 0 aliphatic rings. The molecular formula is C10H12N4O2. The number of aromatic amines is 2. The van der Waals surface area contributed by atoms with Gasteiger partial charge in [0.25, 0.3) is 0 Å². The number of rotatable bonds is 1. The summed E-state index contributed by atoms with van der Waals surface area (Å²) >= 11 is 0. The molecule has 2 rings (SSSR count). The molecule has 84 valence electrons.